The van der Waals surface area contributed by atoms with Crippen molar-refractivity contribution in [3.63, 3.8) is 0 Å². The SMILES string of the molecule is C[C@H]1C[C@@H](C(=O)NCc2ccc(Br)cc2Cl)CCN1. The van der Waals surface area contributed by atoms with E-state index in [-0.39, 0.29) is 11.8 Å². The number of rotatable bonds is 3. The Morgan fingerprint density at radius 3 is 3.05 bits per heavy atom. The second-order valence-electron chi connectivity index (χ2n) is 5.03. The molecule has 1 aromatic rings. The molecule has 104 valence electrons. The third-order valence-electron chi connectivity index (χ3n) is 3.46. The molecule has 0 aromatic heterocycles. The topological polar surface area (TPSA) is 41.1 Å². The summed E-state index contributed by atoms with van der Waals surface area (Å²) >= 11 is 9.50. The van der Waals surface area contributed by atoms with E-state index in [1.807, 2.05) is 18.2 Å². The first-order valence-electron chi connectivity index (χ1n) is 6.51. The van der Waals surface area contributed by atoms with E-state index in [9.17, 15) is 4.79 Å². The molecule has 2 rings (SSSR count). The molecular formula is C14H18BrClN2O. The zero-order valence-corrected chi connectivity index (χ0v) is 13.2. The standard InChI is InChI=1S/C14H18BrClN2O/c1-9-6-10(4-5-17-9)14(19)18-8-11-2-3-12(15)7-13(11)16/h2-3,7,9-10,17H,4-6,8H2,1H3,(H,18,19)/t9-,10-/m0/s1. The normalized spacial score (nSPS) is 23.1. The van der Waals surface area contributed by atoms with Gasteiger partial charge in [0.25, 0.3) is 0 Å². The van der Waals surface area contributed by atoms with Crippen molar-refractivity contribution in [2.45, 2.75) is 32.4 Å². The summed E-state index contributed by atoms with van der Waals surface area (Å²) in [6.07, 6.45) is 1.81. The number of hydrogen-bond acceptors (Lipinski definition) is 2. The Morgan fingerprint density at radius 1 is 1.58 bits per heavy atom. The van der Waals surface area contributed by atoms with Crippen LogP contribution >= 0.6 is 27.5 Å². The lowest BCUT2D eigenvalue weighted by Gasteiger charge is -2.27. The van der Waals surface area contributed by atoms with Crippen LogP contribution in [0.4, 0.5) is 0 Å². The van der Waals surface area contributed by atoms with Crippen LogP contribution in [0.1, 0.15) is 25.3 Å². The van der Waals surface area contributed by atoms with E-state index in [1.54, 1.807) is 0 Å². The molecule has 0 radical (unpaired) electrons. The van der Waals surface area contributed by atoms with Gasteiger partial charge < -0.3 is 10.6 Å². The van der Waals surface area contributed by atoms with Crippen molar-refractivity contribution in [3.8, 4) is 0 Å². The summed E-state index contributed by atoms with van der Waals surface area (Å²) in [6, 6.07) is 6.12. The molecule has 1 saturated heterocycles. The van der Waals surface area contributed by atoms with Crippen LogP contribution in [-0.2, 0) is 11.3 Å². The van der Waals surface area contributed by atoms with Gasteiger partial charge in [0, 0.05) is 28.0 Å². The number of nitrogens with one attached hydrogen (secondary N) is 2. The fourth-order valence-electron chi connectivity index (χ4n) is 2.36. The lowest BCUT2D eigenvalue weighted by molar-refractivity contribution is -0.126. The summed E-state index contributed by atoms with van der Waals surface area (Å²) in [5, 5.41) is 7.01. The van der Waals surface area contributed by atoms with Gasteiger partial charge in [0.15, 0.2) is 0 Å². The fourth-order valence-corrected chi connectivity index (χ4v) is 3.10. The molecule has 1 aromatic carbocycles. The van der Waals surface area contributed by atoms with E-state index in [0.29, 0.717) is 17.6 Å². The van der Waals surface area contributed by atoms with Crippen molar-refractivity contribution in [3.05, 3.63) is 33.3 Å². The summed E-state index contributed by atoms with van der Waals surface area (Å²) in [6.45, 7) is 3.52. The van der Waals surface area contributed by atoms with Gasteiger partial charge in [0.1, 0.15) is 0 Å². The van der Waals surface area contributed by atoms with E-state index in [4.69, 9.17) is 11.6 Å². The molecule has 0 spiro atoms. The van der Waals surface area contributed by atoms with Crippen LogP contribution in [-0.4, -0.2) is 18.5 Å². The fraction of sp³-hybridized carbons (Fsp3) is 0.500. The molecule has 2 N–H and O–H groups in total. The van der Waals surface area contributed by atoms with E-state index in [0.717, 1.165) is 29.4 Å². The number of halogens is 2. The van der Waals surface area contributed by atoms with Crippen molar-refractivity contribution in [1.82, 2.24) is 10.6 Å². The molecule has 1 amide bonds. The van der Waals surface area contributed by atoms with Crippen LogP contribution in [0.25, 0.3) is 0 Å². The number of hydrogen-bond donors (Lipinski definition) is 2. The number of piperidine rings is 1. The van der Waals surface area contributed by atoms with Crippen molar-refractivity contribution in [2.75, 3.05) is 6.54 Å². The number of amides is 1. The highest BCUT2D eigenvalue weighted by molar-refractivity contribution is 9.10. The zero-order chi connectivity index (χ0) is 13.8. The number of carbonyl (C=O) groups excluding carboxylic acids is 1. The van der Waals surface area contributed by atoms with Gasteiger partial charge >= 0.3 is 0 Å². The van der Waals surface area contributed by atoms with Crippen molar-refractivity contribution in [1.29, 1.82) is 0 Å². The second-order valence-corrected chi connectivity index (χ2v) is 6.35. The molecule has 5 heteroatoms. The summed E-state index contributed by atoms with van der Waals surface area (Å²) < 4.78 is 0.944. The minimum atomic E-state index is 0.116. The smallest absolute Gasteiger partial charge is 0.223 e. The highest BCUT2D eigenvalue weighted by Gasteiger charge is 2.24. The third-order valence-corrected chi connectivity index (χ3v) is 4.31. The van der Waals surface area contributed by atoms with Crippen molar-refractivity contribution < 1.29 is 4.79 Å². The Kier molecular flexibility index (Phi) is 5.25. The molecule has 2 atom stereocenters. The molecule has 19 heavy (non-hydrogen) atoms. The molecule has 1 fully saturated rings. The average molecular weight is 346 g/mol. The van der Waals surface area contributed by atoms with Crippen LogP contribution in [0.3, 0.4) is 0 Å². The lowest BCUT2D eigenvalue weighted by Crippen LogP contribution is -2.42. The van der Waals surface area contributed by atoms with Gasteiger partial charge in [-0.25, -0.2) is 0 Å². The van der Waals surface area contributed by atoms with Crippen LogP contribution in [0.5, 0.6) is 0 Å². The third kappa shape index (κ3) is 4.20. The zero-order valence-electron chi connectivity index (χ0n) is 10.9. The Bertz CT molecular complexity index is 467. The van der Waals surface area contributed by atoms with Gasteiger partial charge in [-0.2, -0.15) is 0 Å². The van der Waals surface area contributed by atoms with Gasteiger partial charge in [-0.05, 0) is 44.0 Å². The minimum absolute atomic E-state index is 0.116. The molecule has 0 saturated carbocycles. The molecule has 1 aliphatic rings. The summed E-state index contributed by atoms with van der Waals surface area (Å²) in [5.41, 5.74) is 0.945. The highest BCUT2D eigenvalue weighted by Crippen LogP contribution is 2.22. The van der Waals surface area contributed by atoms with Gasteiger partial charge in [0.05, 0.1) is 0 Å². The first-order chi connectivity index (χ1) is 9.06. The maximum Gasteiger partial charge on any atom is 0.223 e. The molecule has 1 heterocycles. The summed E-state index contributed by atoms with van der Waals surface area (Å²) in [5.74, 6) is 0.248. The predicted octanol–water partition coefficient (Wildman–Crippen LogP) is 3.11. The average Bonchev–Trinajstić information content (AvgIpc) is 2.37. The maximum atomic E-state index is 12.1. The number of carbonyl (C=O) groups is 1. The second kappa shape index (κ2) is 6.73. The van der Waals surface area contributed by atoms with Crippen molar-refractivity contribution in [2.24, 2.45) is 5.92 Å². The van der Waals surface area contributed by atoms with E-state index in [2.05, 4.69) is 33.5 Å². The largest absolute Gasteiger partial charge is 0.352 e. The summed E-state index contributed by atoms with van der Waals surface area (Å²) in [7, 11) is 0. The van der Waals surface area contributed by atoms with Crippen LogP contribution in [0.15, 0.2) is 22.7 Å². The molecule has 1 aliphatic heterocycles. The quantitative estimate of drug-likeness (QED) is 0.884. The Hall–Kier alpha value is -0.580. The summed E-state index contributed by atoms with van der Waals surface area (Å²) in [4.78, 5) is 12.1. The first-order valence-corrected chi connectivity index (χ1v) is 7.68. The Labute approximate surface area is 127 Å². The molecular weight excluding hydrogens is 328 g/mol. The maximum absolute atomic E-state index is 12.1. The Morgan fingerprint density at radius 2 is 2.37 bits per heavy atom. The molecule has 0 unspecified atom stereocenters. The monoisotopic (exact) mass is 344 g/mol. The van der Waals surface area contributed by atoms with E-state index in [1.165, 1.54) is 0 Å². The highest BCUT2D eigenvalue weighted by atomic mass is 79.9. The van der Waals surface area contributed by atoms with Gasteiger partial charge in [-0.3, -0.25) is 4.79 Å². The van der Waals surface area contributed by atoms with E-state index >= 15 is 0 Å². The predicted molar refractivity (Wildman–Crippen MR) is 81.2 cm³/mol. The van der Waals surface area contributed by atoms with E-state index < -0.39 is 0 Å². The van der Waals surface area contributed by atoms with Gasteiger partial charge in [-0.15, -0.1) is 0 Å². The van der Waals surface area contributed by atoms with Crippen molar-refractivity contribution >= 4 is 33.4 Å². The molecule has 3 nitrogen and oxygen atoms in total. The lowest BCUT2D eigenvalue weighted by atomic mass is 9.92. The Balaban J connectivity index is 1.89. The molecule has 0 aliphatic carbocycles. The number of benzene rings is 1. The van der Waals surface area contributed by atoms with Gasteiger partial charge in [0.2, 0.25) is 5.91 Å². The minimum Gasteiger partial charge on any atom is -0.352 e. The van der Waals surface area contributed by atoms with Crippen LogP contribution < -0.4 is 10.6 Å². The van der Waals surface area contributed by atoms with Gasteiger partial charge in [-0.1, -0.05) is 33.6 Å². The first kappa shape index (κ1) is 14.8. The molecule has 0 bridgehead atoms. The van der Waals surface area contributed by atoms with Crippen LogP contribution in [0, 0.1) is 5.92 Å². The van der Waals surface area contributed by atoms with Crippen LogP contribution in [0.2, 0.25) is 5.02 Å².